The minimum absolute atomic E-state index is 1.02. The van der Waals surface area contributed by atoms with Crippen molar-refractivity contribution in [2.75, 3.05) is 0 Å². The van der Waals surface area contributed by atoms with Gasteiger partial charge in [-0.25, -0.2) is 4.98 Å². The second-order valence-corrected chi connectivity index (χ2v) is 11.1. The number of hydrogen-bond acceptors (Lipinski definition) is 1. The van der Waals surface area contributed by atoms with Crippen LogP contribution in [0.4, 0.5) is 0 Å². The van der Waals surface area contributed by atoms with Crippen LogP contribution in [0.15, 0.2) is 152 Å². The molecule has 1 heterocycles. The second kappa shape index (κ2) is 8.99. The number of aromatic nitrogens is 1. The molecule has 0 saturated carbocycles. The summed E-state index contributed by atoms with van der Waals surface area (Å²) in [5.41, 5.74) is 5.60. The molecule has 1 aromatic heterocycles. The largest absolute Gasteiger partial charge is 0.247 e. The van der Waals surface area contributed by atoms with Crippen LogP contribution in [0.3, 0.4) is 0 Å². The fourth-order valence-electron chi connectivity index (χ4n) is 6.85. The normalized spacial score (nSPS) is 11.8. The summed E-state index contributed by atoms with van der Waals surface area (Å²) in [5.74, 6) is 0. The monoisotopic (exact) mass is 531 g/mol. The maximum atomic E-state index is 5.19. The summed E-state index contributed by atoms with van der Waals surface area (Å²) < 4.78 is 0. The summed E-state index contributed by atoms with van der Waals surface area (Å²) in [6, 6.07) is 54.9. The van der Waals surface area contributed by atoms with Crippen LogP contribution in [0.1, 0.15) is 0 Å². The van der Waals surface area contributed by atoms with Gasteiger partial charge in [0.05, 0.1) is 11.2 Å². The van der Waals surface area contributed by atoms with Crippen molar-refractivity contribution in [2.45, 2.75) is 0 Å². The van der Waals surface area contributed by atoms with E-state index in [4.69, 9.17) is 4.98 Å². The first-order valence-electron chi connectivity index (χ1n) is 14.5. The van der Waals surface area contributed by atoms with E-state index >= 15 is 0 Å². The fourth-order valence-corrected chi connectivity index (χ4v) is 6.85. The van der Waals surface area contributed by atoms with Gasteiger partial charge >= 0.3 is 0 Å². The summed E-state index contributed by atoms with van der Waals surface area (Å²) in [6.45, 7) is 0. The third-order valence-electron chi connectivity index (χ3n) is 8.83. The Morgan fingerprint density at radius 2 is 0.810 bits per heavy atom. The molecule has 0 spiro atoms. The van der Waals surface area contributed by atoms with Gasteiger partial charge in [0.25, 0.3) is 0 Å². The Bertz CT molecular complexity index is 2450. The summed E-state index contributed by atoms with van der Waals surface area (Å²) in [5, 5.41) is 14.0. The van der Waals surface area contributed by atoms with Gasteiger partial charge in [-0.1, -0.05) is 140 Å². The lowest BCUT2D eigenvalue weighted by Crippen LogP contribution is -1.91. The molecule has 0 unspecified atom stereocenters. The highest BCUT2D eigenvalue weighted by Gasteiger charge is 2.14. The predicted octanol–water partition coefficient (Wildman–Crippen LogP) is 11.3. The van der Waals surface area contributed by atoms with Crippen molar-refractivity contribution in [2.24, 2.45) is 0 Å². The number of hydrogen-bond donors (Lipinski definition) is 0. The second-order valence-electron chi connectivity index (χ2n) is 11.1. The van der Waals surface area contributed by atoms with Gasteiger partial charge in [0, 0.05) is 21.7 Å². The van der Waals surface area contributed by atoms with E-state index in [1.165, 1.54) is 70.4 Å². The van der Waals surface area contributed by atoms with Crippen molar-refractivity contribution in [3.63, 3.8) is 0 Å². The SMILES string of the molecule is c1ccc2c(c1)ccc1c(-c3ccc(-c4ccc5c6ccccc6c6ccccc6c5c4)cc3)nc3ccccc3c12. The van der Waals surface area contributed by atoms with Crippen LogP contribution < -0.4 is 0 Å². The van der Waals surface area contributed by atoms with Crippen LogP contribution in [-0.4, -0.2) is 4.98 Å². The summed E-state index contributed by atoms with van der Waals surface area (Å²) >= 11 is 0. The highest BCUT2D eigenvalue weighted by atomic mass is 14.7. The zero-order chi connectivity index (χ0) is 27.6. The Morgan fingerprint density at radius 3 is 1.52 bits per heavy atom. The smallest absolute Gasteiger partial charge is 0.0788 e. The molecule has 0 atom stereocenters. The maximum Gasteiger partial charge on any atom is 0.0788 e. The van der Waals surface area contributed by atoms with Gasteiger partial charge in [-0.05, 0) is 66.3 Å². The molecular weight excluding hydrogens is 506 g/mol. The minimum Gasteiger partial charge on any atom is -0.247 e. The zero-order valence-electron chi connectivity index (χ0n) is 22.9. The third kappa shape index (κ3) is 3.41. The van der Waals surface area contributed by atoms with Crippen LogP contribution in [0.25, 0.3) is 87.1 Å². The van der Waals surface area contributed by atoms with E-state index in [2.05, 4.69) is 152 Å². The van der Waals surface area contributed by atoms with Gasteiger partial charge in [-0.3, -0.25) is 0 Å². The Labute approximate surface area is 243 Å². The van der Waals surface area contributed by atoms with Crippen molar-refractivity contribution in [1.29, 1.82) is 0 Å². The summed E-state index contributed by atoms with van der Waals surface area (Å²) in [4.78, 5) is 5.19. The molecule has 1 heteroatoms. The summed E-state index contributed by atoms with van der Waals surface area (Å²) in [6.07, 6.45) is 0. The Balaban J connectivity index is 1.22. The standard InChI is InChI=1S/C41H25N/c1-2-10-30-27(9-1)21-24-37-40(30)36-15-7-8-16-39(36)42-41(37)28-19-17-26(18-20-28)29-22-23-35-33-13-4-3-11-31(33)32-12-5-6-14-34(32)38(35)25-29/h1-25H. The lowest BCUT2D eigenvalue weighted by Gasteiger charge is -2.14. The number of pyridine rings is 1. The number of rotatable bonds is 2. The number of nitrogens with zero attached hydrogens (tertiary/aromatic N) is 1. The molecule has 0 radical (unpaired) electrons. The van der Waals surface area contributed by atoms with E-state index in [1.807, 2.05) is 0 Å². The average Bonchev–Trinajstić information content (AvgIpc) is 3.07. The number of benzene rings is 8. The average molecular weight is 532 g/mol. The lowest BCUT2D eigenvalue weighted by atomic mass is 9.91. The first-order chi connectivity index (χ1) is 20.8. The van der Waals surface area contributed by atoms with Crippen molar-refractivity contribution in [1.82, 2.24) is 4.98 Å². The molecule has 0 N–H and O–H groups in total. The quantitative estimate of drug-likeness (QED) is 0.202. The van der Waals surface area contributed by atoms with Gasteiger partial charge < -0.3 is 0 Å². The molecule has 9 rings (SSSR count). The maximum absolute atomic E-state index is 5.19. The van der Waals surface area contributed by atoms with E-state index in [0.717, 1.165) is 16.8 Å². The molecule has 0 aliphatic carbocycles. The molecule has 8 aromatic carbocycles. The van der Waals surface area contributed by atoms with Gasteiger partial charge in [-0.2, -0.15) is 0 Å². The topological polar surface area (TPSA) is 12.9 Å². The van der Waals surface area contributed by atoms with Crippen LogP contribution in [0.5, 0.6) is 0 Å². The molecule has 0 amide bonds. The summed E-state index contributed by atoms with van der Waals surface area (Å²) in [7, 11) is 0. The molecule has 0 aliphatic rings. The zero-order valence-corrected chi connectivity index (χ0v) is 22.9. The van der Waals surface area contributed by atoms with Crippen molar-refractivity contribution >= 4 is 64.8 Å². The van der Waals surface area contributed by atoms with Gasteiger partial charge in [0.15, 0.2) is 0 Å². The first kappa shape index (κ1) is 23.2. The molecule has 9 aromatic rings. The highest BCUT2D eigenvalue weighted by Crippen LogP contribution is 2.39. The molecular formula is C41H25N. The molecule has 0 saturated heterocycles. The van der Waals surface area contributed by atoms with Crippen molar-refractivity contribution < 1.29 is 0 Å². The molecule has 42 heavy (non-hydrogen) atoms. The van der Waals surface area contributed by atoms with Gasteiger partial charge in [0.1, 0.15) is 0 Å². The van der Waals surface area contributed by atoms with E-state index in [1.54, 1.807) is 0 Å². The van der Waals surface area contributed by atoms with Gasteiger partial charge in [0.2, 0.25) is 0 Å². The Morgan fingerprint density at radius 1 is 0.310 bits per heavy atom. The van der Waals surface area contributed by atoms with Crippen LogP contribution in [0, 0.1) is 0 Å². The number of para-hydroxylation sites is 1. The minimum atomic E-state index is 1.02. The Kier molecular flexibility index (Phi) is 4.97. The molecule has 0 aliphatic heterocycles. The van der Waals surface area contributed by atoms with E-state index in [9.17, 15) is 0 Å². The van der Waals surface area contributed by atoms with Crippen LogP contribution >= 0.6 is 0 Å². The molecule has 1 nitrogen and oxygen atoms in total. The van der Waals surface area contributed by atoms with Crippen LogP contribution in [-0.2, 0) is 0 Å². The Hall–Kier alpha value is -5.53. The third-order valence-corrected chi connectivity index (χ3v) is 8.83. The molecule has 0 bridgehead atoms. The molecule has 0 fully saturated rings. The van der Waals surface area contributed by atoms with Crippen molar-refractivity contribution in [3.05, 3.63) is 152 Å². The van der Waals surface area contributed by atoms with Crippen LogP contribution in [0.2, 0.25) is 0 Å². The molecule has 194 valence electrons. The first-order valence-corrected chi connectivity index (χ1v) is 14.5. The lowest BCUT2D eigenvalue weighted by molar-refractivity contribution is 1.43. The fraction of sp³-hybridized carbons (Fsp3) is 0. The van der Waals surface area contributed by atoms with Gasteiger partial charge in [-0.15, -0.1) is 0 Å². The van der Waals surface area contributed by atoms with Crippen molar-refractivity contribution in [3.8, 4) is 22.4 Å². The van der Waals surface area contributed by atoms with E-state index in [0.29, 0.717) is 0 Å². The highest BCUT2D eigenvalue weighted by molar-refractivity contribution is 6.26. The number of fused-ring (bicyclic) bond motifs is 11. The van der Waals surface area contributed by atoms with E-state index in [-0.39, 0.29) is 0 Å². The van der Waals surface area contributed by atoms with E-state index < -0.39 is 0 Å². The predicted molar refractivity (Wildman–Crippen MR) is 180 cm³/mol.